The molecule has 34 heavy (non-hydrogen) atoms. The Balaban J connectivity index is 1.38. The van der Waals surface area contributed by atoms with Crippen LogP contribution >= 0.6 is 0 Å². The van der Waals surface area contributed by atoms with Crippen LogP contribution in [0.25, 0.3) is 0 Å². The zero-order valence-electron chi connectivity index (χ0n) is 22.2. The summed E-state index contributed by atoms with van der Waals surface area (Å²) in [6, 6.07) is 0. The Bertz CT molecular complexity index is 819. The maximum Gasteiger partial charge on any atom is 0.309 e. The van der Waals surface area contributed by atoms with Gasteiger partial charge in [0.1, 0.15) is 0 Å². The highest BCUT2D eigenvalue weighted by Gasteiger charge is 2.76. The van der Waals surface area contributed by atoms with Gasteiger partial charge in [-0.15, -0.1) is 0 Å². The van der Waals surface area contributed by atoms with Gasteiger partial charge in [0.15, 0.2) is 5.79 Å². The van der Waals surface area contributed by atoms with E-state index in [0.717, 1.165) is 38.7 Å². The van der Waals surface area contributed by atoms with E-state index in [2.05, 4.69) is 27.7 Å². The van der Waals surface area contributed by atoms with Crippen molar-refractivity contribution < 1.29 is 23.7 Å². The molecule has 2 saturated heterocycles. The third kappa shape index (κ3) is 2.93. The number of fused-ring (bicyclic) bond motifs is 7. The highest BCUT2D eigenvalue weighted by atomic mass is 16.7. The third-order valence-electron chi connectivity index (χ3n) is 12.5. The minimum Gasteiger partial charge on any atom is -0.469 e. The molecule has 1 spiro atoms. The molecule has 192 valence electrons. The van der Waals surface area contributed by atoms with Gasteiger partial charge < -0.3 is 18.9 Å². The molecule has 5 heteroatoms. The fraction of sp³-hybridized carbons (Fsp3) is 0.966. The number of ether oxygens (including phenoxy) is 4. The SMILES string of the molecule is COC(=O)[C@H]1[C@H]2[C@@H](CC[C@H]3C[C@@H](OC)CC[C@@]32C)[C@@H]2C[C@@H]3O[C@]4(CC[C@@H](C)CO4)[C@@H](C)[C@@H]3[C@]21C. The Morgan fingerprint density at radius 1 is 0.971 bits per heavy atom. The summed E-state index contributed by atoms with van der Waals surface area (Å²) in [4.78, 5) is 13.7. The molecule has 6 rings (SSSR count). The Labute approximate surface area is 206 Å². The molecule has 4 saturated carbocycles. The van der Waals surface area contributed by atoms with Crippen molar-refractivity contribution in [2.45, 2.75) is 97.1 Å². The van der Waals surface area contributed by atoms with Crippen molar-refractivity contribution >= 4 is 5.97 Å². The lowest BCUT2D eigenvalue weighted by Crippen LogP contribution is -2.52. The zero-order chi connectivity index (χ0) is 24.0. The Hall–Kier alpha value is -0.650. The van der Waals surface area contributed by atoms with Gasteiger partial charge in [-0.1, -0.05) is 27.7 Å². The fourth-order valence-corrected chi connectivity index (χ4v) is 10.9. The molecule has 0 radical (unpaired) electrons. The number of rotatable bonds is 2. The van der Waals surface area contributed by atoms with E-state index in [4.69, 9.17) is 18.9 Å². The van der Waals surface area contributed by atoms with Crippen LogP contribution in [0.1, 0.15) is 79.1 Å². The maximum atomic E-state index is 13.7. The monoisotopic (exact) mass is 474 g/mol. The first kappa shape index (κ1) is 23.7. The number of hydrogen-bond donors (Lipinski definition) is 0. The van der Waals surface area contributed by atoms with Crippen LogP contribution in [0.2, 0.25) is 0 Å². The first-order valence-corrected chi connectivity index (χ1v) is 14.1. The Kier molecular flexibility index (Phi) is 5.53. The first-order valence-electron chi connectivity index (χ1n) is 14.1. The lowest BCUT2D eigenvalue weighted by atomic mass is 9.50. The van der Waals surface area contributed by atoms with Gasteiger partial charge in [0.2, 0.25) is 0 Å². The van der Waals surface area contributed by atoms with Crippen LogP contribution in [0.3, 0.4) is 0 Å². The number of hydrogen-bond acceptors (Lipinski definition) is 5. The van der Waals surface area contributed by atoms with E-state index in [9.17, 15) is 4.79 Å². The Morgan fingerprint density at radius 3 is 2.44 bits per heavy atom. The molecule has 0 unspecified atom stereocenters. The summed E-state index contributed by atoms with van der Waals surface area (Å²) in [7, 11) is 3.47. The van der Waals surface area contributed by atoms with Gasteiger partial charge in [0.05, 0.1) is 31.8 Å². The van der Waals surface area contributed by atoms with E-state index >= 15 is 0 Å². The molecule has 0 aromatic heterocycles. The fourth-order valence-electron chi connectivity index (χ4n) is 10.9. The Morgan fingerprint density at radius 2 is 1.76 bits per heavy atom. The molecule has 0 aromatic carbocycles. The molecule has 13 atom stereocenters. The van der Waals surface area contributed by atoms with Gasteiger partial charge in [0, 0.05) is 19.4 Å². The average molecular weight is 475 g/mol. The number of esters is 1. The van der Waals surface area contributed by atoms with E-state index in [1.807, 2.05) is 7.11 Å². The molecule has 6 fully saturated rings. The summed E-state index contributed by atoms with van der Waals surface area (Å²) in [5, 5.41) is 0. The van der Waals surface area contributed by atoms with Gasteiger partial charge in [-0.3, -0.25) is 4.79 Å². The summed E-state index contributed by atoms with van der Waals surface area (Å²) in [6.07, 6.45) is 9.75. The van der Waals surface area contributed by atoms with Gasteiger partial charge in [0.25, 0.3) is 0 Å². The molecule has 5 nitrogen and oxygen atoms in total. The second kappa shape index (κ2) is 7.92. The van der Waals surface area contributed by atoms with E-state index in [1.54, 1.807) is 7.11 Å². The second-order valence-electron chi connectivity index (χ2n) is 13.5. The minimum atomic E-state index is -0.451. The van der Waals surface area contributed by atoms with Crippen LogP contribution in [0.15, 0.2) is 0 Å². The summed E-state index contributed by atoms with van der Waals surface area (Å²) >= 11 is 0. The molecule has 2 heterocycles. The highest BCUT2D eigenvalue weighted by molar-refractivity contribution is 5.75. The standard InChI is InChI=1S/C29H46O5/c1-16-9-12-29(33-15-16)17(2)23-22(34-29)14-21-20-8-7-18-13-19(31-5)10-11-27(18,3)24(20)25(26(30)32-6)28(21,23)4/h16-25H,7-15H2,1-6H3/t16-,17+,18+,19+,20+,21+,22+,23+,24-,25-,27+,28+,29-/m1/s1. The maximum absolute atomic E-state index is 13.7. The molecule has 6 aliphatic rings. The number of carbonyl (C=O) groups is 1. The zero-order valence-corrected chi connectivity index (χ0v) is 22.2. The molecule has 0 aromatic rings. The largest absolute Gasteiger partial charge is 0.469 e. The van der Waals surface area contributed by atoms with Crippen LogP contribution in [-0.2, 0) is 23.7 Å². The number of carbonyl (C=O) groups excluding carboxylic acids is 1. The summed E-state index contributed by atoms with van der Waals surface area (Å²) in [5.74, 6) is 2.98. The normalized spacial score (nSPS) is 58.2. The van der Waals surface area contributed by atoms with E-state index in [1.165, 1.54) is 19.3 Å². The minimum absolute atomic E-state index is 0.0303. The van der Waals surface area contributed by atoms with E-state index in [0.29, 0.717) is 47.5 Å². The summed E-state index contributed by atoms with van der Waals surface area (Å²) < 4.78 is 24.8. The third-order valence-corrected chi connectivity index (χ3v) is 12.5. The molecule has 4 aliphatic carbocycles. The average Bonchev–Trinajstić information content (AvgIpc) is 3.36. The van der Waals surface area contributed by atoms with Crippen molar-refractivity contribution in [3.8, 4) is 0 Å². The summed E-state index contributed by atoms with van der Waals surface area (Å²) in [6.45, 7) is 10.4. The molecular formula is C29H46O5. The van der Waals surface area contributed by atoms with Crippen LogP contribution in [0.4, 0.5) is 0 Å². The van der Waals surface area contributed by atoms with Crippen molar-refractivity contribution in [1.82, 2.24) is 0 Å². The van der Waals surface area contributed by atoms with Crippen molar-refractivity contribution in [2.24, 2.45) is 58.2 Å². The van der Waals surface area contributed by atoms with Crippen LogP contribution < -0.4 is 0 Å². The van der Waals surface area contributed by atoms with Gasteiger partial charge in [-0.2, -0.15) is 0 Å². The quantitative estimate of drug-likeness (QED) is 0.498. The summed E-state index contributed by atoms with van der Waals surface area (Å²) in [5.41, 5.74) is 0.106. The van der Waals surface area contributed by atoms with Crippen LogP contribution in [-0.4, -0.2) is 44.8 Å². The van der Waals surface area contributed by atoms with E-state index in [-0.39, 0.29) is 28.8 Å². The van der Waals surface area contributed by atoms with Gasteiger partial charge in [-0.25, -0.2) is 0 Å². The van der Waals surface area contributed by atoms with Crippen LogP contribution in [0, 0.1) is 58.2 Å². The lowest BCUT2D eigenvalue weighted by Gasteiger charge is -2.55. The van der Waals surface area contributed by atoms with Crippen molar-refractivity contribution in [3.05, 3.63) is 0 Å². The lowest BCUT2D eigenvalue weighted by molar-refractivity contribution is -0.271. The topological polar surface area (TPSA) is 54.0 Å². The molecule has 0 N–H and O–H groups in total. The van der Waals surface area contributed by atoms with Gasteiger partial charge in [-0.05, 0) is 91.3 Å². The van der Waals surface area contributed by atoms with Gasteiger partial charge >= 0.3 is 5.97 Å². The number of methoxy groups -OCH3 is 2. The molecule has 0 bridgehead atoms. The predicted octanol–water partition coefficient (Wildman–Crippen LogP) is 5.46. The smallest absolute Gasteiger partial charge is 0.309 e. The van der Waals surface area contributed by atoms with E-state index < -0.39 is 5.79 Å². The molecule has 2 aliphatic heterocycles. The highest BCUT2D eigenvalue weighted by Crippen LogP contribution is 2.76. The molecule has 0 amide bonds. The molecular weight excluding hydrogens is 428 g/mol. The predicted molar refractivity (Wildman–Crippen MR) is 129 cm³/mol. The second-order valence-corrected chi connectivity index (χ2v) is 13.5. The van der Waals surface area contributed by atoms with Crippen molar-refractivity contribution in [3.63, 3.8) is 0 Å². The first-order chi connectivity index (χ1) is 16.2. The van der Waals surface area contributed by atoms with Crippen molar-refractivity contribution in [2.75, 3.05) is 20.8 Å². The van der Waals surface area contributed by atoms with Crippen molar-refractivity contribution in [1.29, 1.82) is 0 Å². The van der Waals surface area contributed by atoms with Crippen LogP contribution in [0.5, 0.6) is 0 Å².